The quantitative estimate of drug-likeness (QED) is 0.669. The van der Waals surface area contributed by atoms with Gasteiger partial charge in [-0.1, -0.05) is 30.3 Å². The van der Waals surface area contributed by atoms with Crippen LogP contribution in [0.4, 0.5) is 13.9 Å². The summed E-state index contributed by atoms with van der Waals surface area (Å²) in [6.45, 7) is 0. The molecule has 2 aromatic carbocycles. The molecular formula is C18H14F2N2O3S2. The minimum Gasteiger partial charge on any atom is -0.298 e. The van der Waals surface area contributed by atoms with Crippen LogP contribution < -0.4 is 5.32 Å². The Balaban J connectivity index is 1.67. The molecule has 0 spiro atoms. The van der Waals surface area contributed by atoms with Gasteiger partial charge < -0.3 is 0 Å². The minimum absolute atomic E-state index is 0.142. The maximum Gasteiger partial charge on any atom is 0.341 e. The number of alkyl halides is 2. The molecule has 0 bridgehead atoms. The number of amides is 1. The lowest BCUT2D eigenvalue weighted by atomic mass is 10.1. The molecule has 140 valence electrons. The molecule has 9 heteroatoms. The number of nitrogens with zero attached hydrogens (tertiary/aromatic N) is 1. The molecule has 0 saturated heterocycles. The van der Waals surface area contributed by atoms with Crippen LogP contribution in [0.25, 0.3) is 0 Å². The molecule has 0 fully saturated rings. The van der Waals surface area contributed by atoms with E-state index in [4.69, 9.17) is 0 Å². The summed E-state index contributed by atoms with van der Waals surface area (Å²) in [5, 5.41) is 3.01. The number of anilines is 1. The fourth-order valence-corrected chi connectivity index (χ4v) is 3.88. The second-order valence-corrected chi connectivity index (χ2v) is 8.61. The van der Waals surface area contributed by atoms with Crippen molar-refractivity contribution in [2.45, 2.75) is 17.1 Å². The van der Waals surface area contributed by atoms with Crippen LogP contribution in [0, 0.1) is 0 Å². The van der Waals surface area contributed by atoms with Gasteiger partial charge in [-0.05, 0) is 29.8 Å². The van der Waals surface area contributed by atoms with E-state index in [1.54, 1.807) is 6.20 Å². The number of carbonyl (C=O) groups is 1. The van der Waals surface area contributed by atoms with Crippen LogP contribution in [0.3, 0.4) is 0 Å². The summed E-state index contributed by atoms with van der Waals surface area (Å²) < 4.78 is 47.9. The Kier molecular flexibility index (Phi) is 5.62. The van der Waals surface area contributed by atoms with E-state index >= 15 is 0 Å². The van der Waals surface area contributed by atoms with Gasteiger partial charge in [0.25, 0.3) is 5.91 Å². The van der Waals surface area contributed by atoms with Crippen LogP contribution >= 0.6 is 11.3 Å². The fourth-order valence-electron chi connectivity index (χ4n) is 2.31. The van der Waals surface area contributed by atoms with E-state index < -0.39 is 26.4 Å². The Morgan fingerprint density at radius 2 is 1.74 bits per heavy atom. The molecule has 0 unspecified atom stereocenters. The zero-order valence-electron chi connectivity index (χ0n) is 13.8. The standard InChI is InChI=1S/C18H14F2N2O3S2/c19-17(20)27(24,25)15-8-6-13(7-9-15)16(23)22-18-21-11-14(26-18)10-12-4-2-1-3-5-12/h1-9,11,17H,10H2,(H,21,22,23). The normalized spacial score (nSPS) is 11.5. The second-order valence-electron chi connectivity index (χ2n) is 5.58. The van der Waals surface area contributed by atoms with E-state index in [1.165, 1.54) is 23.5 Å². The van der Waals surface area contributed by atoms with Crippen LogP contribution in [0.1, 0.15) is 20.8 Å². The first kappa shape index (κ1) is 19.1. The topological polar surface area (TPSA) is 76.1 Å². The molecule has 0 radical (unpaired) electrons. The number of nitrogens with one attached hydrogen (secondary N) is 1. The van der Waals surface area contributed by atoms with E-state index in [1.807, 2.05) is 30.3 Å². The van der Waals surface area contributed by atoms with Crippen LogP contribution in [-0.2, 0) is 16.3 Å². The van der Waals surface area contributed by atoms with Gasteiger partial charge in [-0.3, -0.25) is 10.1 Å². The maximum absolute atomic E-state index is 12.5. The molecular weight excluding hydrogens is 394 g/mol. The highest BCUT2D eigenvalue weighted by Crippen LogP contribution is 2.23. The lowest BCUT2D eigenvalue weighted by molar-refractivity contribution is 0.102. The van der Waals surface area contributed by atoms with Gasteiger partial charge in [-0.15, -0.1) is 11.3 Å². The number of aromatic nitrogens is 1. The molecule has 0 atom stereocenters. The summed E-state index contributed by atoms with van der Waals surface area (Å²) in [7, 11) is -4.68. The van der Waals surface area contributed by atoms with Gasteiger partial charge in [0.2, 0.25) is 9.84 Å². The van der Waals surface area contributed by atoms with Crippen molar-refractivity contribution in [2.24, 2.45) is 0 Å². The largest absolute Gasteiger partial charge is 0.341 e. The van der Waals surface area contributed by atoms with Crippen molar-refractivity contribution in [1.29, 1.82) is 0 Å². The number of rotatable bonds is 6. The Bertz CT molecular complexity index is 1030. The van der Waals surface area contributed by atoms with Crippen molar-refractivity contribution < 1.29 is 22.0 Å². The predicted molar refractivity (Wildman–Crippen MR) is 98.9 cm³/mol. The second kappa shape index (κ2) is 7.93. The predicted octanol–water partition coefficient (Wildman–Crippen LogP) is 3.98. The van der Waals surface area contributed by atoms with Gasteiger partial charge in [-0.25, -0.2) is 13.4 Å². The number of hydrogen-bond donors (Lipinski definition) is 1. The molecule has 0 aliphatic heterocycles. The number of thiazole rings is 1. The molecule has 1 amide bonds. The summed E-state index contributed by atoms with van der Waals surface area (Å²) >= 11 is 1.32. The van der Waals surface area contributed by atoms with Crippen LogP contribution in [0.15, 0.2) is 65.7 Å². The van der Waals surface area contributed by atoms with Gasteiger partial charge >= 0.3 is 5.76 Å². The highest BCUT2D eigenvalue weighted by atomic mass is 32.2. The summed E-state index contributed by atoms with van der Waals surface area (Å²) in [6, 6.07) is 14.1. The van der Waals surface area contributed by atoms with Crippen molar-refractivity contribution in [3.8, 4) is 0 Å². The third kappa shape index (κ3) is 4.55. The van der Waals surface area contributed by atoms with Crippen LogP contribution in [-0.4, -0.2) is 25.1 Å². The summed E-state index contributed by atoms with van der Waals surface area (Å²) in [4.78, 5) is 16.8. The third-order valence-corrected chi connectivity index (χ3v) is 5.99. The summed E-state index contributed by atoms with van der Waals surface area (Å²) in [5.41, 5.74) is 1.26. The van der Waals surface area contributed by atoms with E-state index in [2.05, 4.69) is 10.3 Å². The summed E-state index contributed by atoms with van der Waals surface area (Å²) in [6.07, 6.45) is 2.36. The Hall–Kier alpha value is -2.65. The first-order chi connectivity index (χ1) is 12.9. The van der Waals surface area contributed by atoms with Gasteiger partial charge in [-0.2, -0.15) is 8.78 Å². The molecule has 5 nitrogen and oxygen atoms in total. The Morgan fingerprint density at radius 1 is 1.07 bits per heavy atom. The SMILES string of the molecule is O=C(Nc1ncc(Cc2ccccc2)s1)c1ccc(S(=O)(=O)C(F)F)cc1. The number of hydrogen-bond acceptors (Lipinski definition) is 5. The Labute approximate surface area is 158 Å². The zero-order valence-corrected chi connectivity index (χ0v) is 15.4. The lowest BCUT2D eigenvalue weighted by Gasteiger charge is -2.05. The lowest BCUT2D eigenvalue weighted by Crippen LogP contribution is -2.14. The fraction of sp³-hybridized carbons (Fsp3) is 0.111. The minimum atomic E-state index is -4.68. The molecule has 27 heavy (non-hydrogen) atoms. The number of benzene rings is 2. The molecule has 0 aliphatic rings. The van der Waals surface area contributed by atoms with Crippen molar-refractivity contribution >= 4 is 32.2 Å². The Morgan fingerprint density at radius 3 is 2.37 bits per heavy atom. The van der Waals surface area contributed by atoms with E-state index in [9.17, 15) is 22.0 Å². The summed E-state index contributed by atoms with van der Waals surface area (Å²) in [5.74, 6) is -4.01. The molecule has 3 aromatic rings. The van der Waals surface area contributed by atoms with Crippen molar-refractivity contribution in [3.63, 3.8) is 0 Å². The highest BCUT2D eigenvalue weighted by Gasteiger charge is 2.26. The average Bonchev–Trinajstić information content (AvgIpc) is 3.09. The smallest absolute Gasteiger partial charge is 0.298 e. The number of sulfone groups is 1. The van der Waals surface area contributed by atoms with Gasteiger partial charge in [0.15, 0.2) is 5.13 Å². The van der Waals surface area contributed by atoms with E-state index in [-0.39, 0.29) is 5.56 Å². The molecule has 1 N–H and O–H groups in total. The van der Waals surface area contributed by atoms with Crippen molar-refractivity contribution in [2.75, 3.05) is 5.32 Å². The first-order valence-electron chi connectivity index (χ1n) is 7.78. The monoisotopic (exact) mass is 408 g/mol. The van der Waals surface area contributed by atoms with E-state index in [0.29, 0.717) is 11.6 Å². The first-order valence-corrected chi connectivity index (χ1v) is 10.1. The van der Waals surface area contributed by atoms with Crippen LogP contribution in [0.5, 0.6) is 0 Å². The number of halogens is 2. The molecule has 1 heterocycles. The zero-order chi connectivity index (χ0) is 19.4. The third-order valence-electron chi connectivity index (χ3n) is 3.67. The average molecular weight is 408 g/mol. The van der Waals surface area contributed by atoms with Crippen LogP contribution in [0.2, 0.25) is 0 Å². The maximum atomic E-state index is 12.5. The van der Waals surface area contributed by atoms with Crippen molar-refractivity contribution in [1.82, 2.24) is 4.98 Å². The molecule has 3 rings (SSSR count). The van der Waals surface area contributed by atoms with E-state index in [0.717, 1.165) is 22.6 Å². The molecule has 1 aromatic heterocycles. The van der Waals surface area contributed by atoms with Crippen molar-refractivity contribution in [3.05, 3.63) is 76.8 Å². The van der Waals surface area contributed by atoms with Gasteiger partial charge in [0.05, 0.1) is 4.90 Å². The number of carbonyl (C=O) groups excluding carboxylic acids is 1. The molecule has 0 saturated carbocycles. The highest BCUT2D eigenvalue weighted by molar-refractivity contribution is 7.91. The molecule has 0 aliphatic carbocycles. The van der Waals surface area contributed by atoms with Gasteiger partial charge in [0.1, 0.15) is 0 Å². The van der Waals surface area contributed by atoms with Gasteiger partial charge in [0, 0.05) is 23.1 Å².